The van der Waals surface area contributed by atoms with Crippen molar-refractivity contribution in [2.75, 3.05) is 13.2 Å². The summed E-state index contributed by atoms with van der Waals surface area (Å²) in [6, 6.07) is 6.06. The van der Waals surface area contributed by atoms with E-state index in [0.717, 1.165) is 28.8 Å². The topological polar surface area (TPSA) is 18.5 Å². The van der Waals surface area contributed by atoms with Gasteiger partial charge in [0, 0.05) is 6.61 Å². The van der Waals surface area contributed by atoms with Crippen molar-refractivity contribution in [2.24, 2.45) is 0 Å². The Balaban J connectivity index is 2.23. The average Bonchev–Trinajstić information content (AvgIpc) is 2.45. The van der Waals surface area contributed by atoms with Gasteiger partial charge in [0.05, 0.1) is 11.1 Å². The zero-order valence-corrected chi connectivity index (χ0v) is 14.0. The van der Waals surface area contributed by atoms with Crippen molar-refractivity contribution in [1.29, 1.82) is 0 Å². The second-order valence-corrected chi connectivity index (χ2v) is 5.69. The number of halogens is 1. The van der Waals surface area contributed by atoms with Crippen LogP contribution in [0.25, 0.3) is 0 Å². The Morgan fingerprint density at radius 3 is 2.70 bits per heavy atom. The van der Waals surface area contributed by atoms with Gasteiger partial charge in [0.1, 0.15) is 12.4 Å². The van der Waals surface area contributed by atoms with E-state index < -0.39 is 0 Å². The summed E-state index contributed by atoms with van der Waals surface area (Å²) < 4.78 is 12.2. The Labute approximate surface area is 131 Å². The van der Waals surface area contributed by atoms with Gasteiger partial charge in [0.25, 0.3) is 0 Å². The Kier molecular flexibility index (Phi) is 9.42. The molecule has 0 unspecified atom stereocenters. The number of benzene rings is 1. The van der Waals surface area contributed by atoms with Crippen LogP contribution in [-0.4, -0.2) is 13.2 Å². The van der Waals surface area contributed by atoms with Gasteiger partial charge in [-0.25, -0.2) is 0 Å². The lowest BCUT2D eigenvalue weighted by atomic mass is 10.2. The van der Waals surface area contributed by atoms with Crippen LogP contribution in [0.2, 0.25) is 0 Å². The lowest BCUT2D eigenvalue weighted by Gasteiger charge is -2.09. The Morgan fingerprint density at radius 1 is 1.20 bits per heavy atom. The van der Waals surface area contributed by atoms with Gasteiger partial charge in [-0.2, -0.15) is 0 Å². The number of hydrogen-bond acceptors (Lipinski definition) is 2. The third-order valence-electron chi connectivity index (χ3n) is 3.01. The highest BCUT2D eigenvalue weighted by molar-refractivity contribution is 9.10. The molecule has 0 spiro atoms. The van der Waals surface area contributed by atoms with E-state index in [-0.39, 0.29) is 0 Å². The van der Waals surface area contributed by atoms with Gasteiger partial charge < -0.3 is 9.47 Å². The number of unbranched alkanes of at least 4 members (excludes halogenated alkanes) is 4. The van der Waals surface area contributed by atoms with Gasteiger partial charge in [-0.15, -0.1) is 0 Å². The number of rotatable bonds is 11. The fourth-order valence-electron chi connectivity index (χ4n) is 1.90. The quantitative estimate of drug-likeness (QED) is 0.391. The predicted octanol–water partition coefficient (Wildman–Crippen LogP) is 5.50. The zero-order chi connectivity index (χ0) is 14.6. The fourth-order valence-corrected chi connectivity index (χ4v) is 2.44. The maximum absolute atomic E-state index is 5.70. The lowest BCUT2D eigenvalue weighted by molar-refractivity contribution is 0.116. The summed E-state index contributed by atoms with van der Waals surface area (Å²) in [6.07, 6.45) is 8.10. The summed E-state index contributed by atoms with van der Waals surface area (Å²) in [6.45, 7) is 7.90. The molecule has 2 nitrogen and oxygen atoms in total. The second-order valence-electron chi connectivity index (χ2n) is 4.83. The summed E-state index contributed by atoms with van der Waals surface area (Å²) in [5, 5.41) is 0. The fraction of sp³-hybridized carbons (Fsp3) is 0.529. The highest BCUT2D eigenvalue weighted by Gasteiger charge is 2.02. The van der Waals surface area contributed by atoms with E-state index in [1.54, 1.807) is 6.08 Å². The van der Waals surface area contributed by atoms with Gasteiger partial charge in [0.2, 0.25) is 0 Å². The molecule has 0 saturated heterocycles. The van der Waals surface area contributed by atoms with E-state index in [0.29, 0.717) is 13.2 Å². The molecule has 0 atom stereocenters. The molecule has 1 aromatic carbocycles. The van der Waals surface area contributed by atoms with Crippen LogP contribution in [0.15, 0.2) is 35.3 Å². The van der Waals surface area contributed by atoms with E-state index in [9.17, 15) is 0 Å². The van der Waals surface area contributed by atoms with E-state index in [2.05, 4.69) is 35.5 Å². The second kappa shape index (κ2) is 10.9. The van der Waals surface area contributed by atoms with Crippen LogP contribution >= 0.6 is 15.9 Å². The summed E-state index contributed by atoms with van der Waals surface area (Å²) in [5.74, 6) is 0.841. The monoisotopic (exact) mass is 340 g/mol. The molecular weight excluding hydrogens is 316 g/mol. The first-order valence-corrected chi connectivity index (χ1v) is 8.17. The molecule has 0 radical (unpaired) electrons. The number of hydrogen-bond donors (Lipinski definition) is 0. The smallest absolute Gasteiger partial charge is 0.133 e. The highest BCUT2D eigenvalue weighted by Crippen LogP contribution is 2.26. The molecule has 0 aliphatic heterocycles. The molecule has 0 amide bonds. The standard InChI is InChI=1S/C17H25BrO2/c1-3-5-6-7-8-12-19-14-15-9-10-17(16(18)13-15)20-11-4-2/h4,9-10,13H,2-3,5-8,11-12,14H2,1H3. The number of ether oxygens (including phenoxy) is 2. The van der Waals surface area contributed by atoms with Crippen LogP contribution in [-0.2, 0) is 11.3 Å². The molecule has 1 aromatic rings. The normalized spacial score (nSPS) is 10.5. The first-order valence-electron chi connectivity index (χ1n) is 7.37. The van der Waals surface area contributed by atoms with E-state index in [1.807, 2.05) is 12.1 Å². The molecule has 0 aliphatic rings. The van der Waals surface area contributed by atoms with Crippen LogP contribution in [0, 0.1) is 0 Å². The van der Waals surface area contributed by atoms with E-state index in [1.165, 1.54) is 25.7 Å². The van der Waals surface area contributed by atoms with Gasteiger partial charge in [-0.3, -0.25) is 0 Å². The van der Waals surface area contributed by atoms with Crippen molar-refractivity contribution in [3.63, 3.8) is 0 Å². The maximum Gasteiger partial charge on any atom is 0.133 e. The van der Waals surface area contributed by atoms with Crippen LogP contribution in [0.5, 0.6) is 5.75 Å². The first kappa shape index (κ1) is 17.3. The first-order chi connectivity index (χ1) is 9.77. The third kappa shape index (κ3) is 7.11. The van der Waals surface area contributed by atoms with Crippen molar-refractivity contribution in [2.45, 2.75) is 45.6 Å². The minimum atomic E-state index is 0.520. The van der Waals surface area contributed by atoms with Crippen molar-refractivity contribution < 1.29 is 9.47 Å². The summed E-state index contributed by atoms with van der Waals surface area (Å²) in [4.78, 5) is 0. The average molecular weight is 341 g/mol. The third-order valence-corrected chi connectivity index (χ3v) is 3.63. The van der Waals surface area contributed by atoms with Crippen molar-refractivity contribution in [3.05, 3.63) is 40.9 Å². The Hall–Kier alpha value is -0.800. The molecule has 1 rings (SSSR count). The van der Waals surface area contributed by atoms with Gasteiger partial charge in [-0.05, 0) is 40.0 Å². The predicted molar refractivity (Wildman–Crippen MR) is 88.2 cm³/mol. The molecule has 20 heavy (non-hydrogen) atoms. The molecule has 112 valence electrons. The minimum absolute atomic E-state index is 0.520. The largest absolute Gasteiger partial charge is 0.488 e. The Morgan fingerprint density at radius 2 is 2.00 bits per heavy atom. The van der Waals surface area contributed by atoms with E-state index >= 15 is 0 Å². The van der Waals surface area contributed by atoms with Crippen LogP contribution in [0.4, 0.5) is 0 Å². The van der Waals surface area contributed by atoms with Crippen LogP contribution in [0.1, 0.15) is 44.6 Å². The van der Waals surface area contributed by atoms with Crippen LogP contribution in [0.3, 0.4) is 0 Å². The van der Waals surface area contributed by atoms with E-state index in [4.69, 9.17) is 9.47 Å². The molecule has 0 saturated carbocycles. The van der Waals surface area contributed by atoms with Crippen molar-refractivity contribution >= 4 is 15.9 Å². The zero-order valence-electron chi connectivity index (χ0n) is 12.4. The Bertz CT molecular complexity index is 391. The minimum Gasteiger partial charge on any atom is -0.488 e. The summed E-state index contributed by atoms with van der Waals surface area (Å²) >= 11 is 3.51. The highest BCUT2D eigenvalue weighted by atomic mass is 79.9. The lowest BCUT2D eigenvalue weighted by Crippen LogP contribution is -1.97. The molecule has 0 bridgehead atoms. The van der Waals surface area contributed by atoms with Crippen molar-refractivity contribution in [3.8, 4) is 5.75 Å². The molecule has 0 fully saturated rings. The summed E-state index contributed by atoms with van der Waals surface area (Å²) in [7, 11) is 0. The van der Waals surface area contributed by atoms with Crippen LogP contribution < -0.4 is 4.74 Å². The molecule has 0 heterocycles. The van der Waals surface area contributed by atoms with Crippen molar-refractivity contribution in [1.82, 2.24) is 0 Å². The molecule has 0 N–H and O–H groups in total. The van der Waals surface area contributed by atoms with Gasteiger partial charge in [-0.1, -0.05) is 51.3 Å². The molecule has 0 aliphatic carbocycles. The van der Waals surface area contributed by atoms with Gasteiger partial charge >= 0.3 is 0 Å². The molecule has 0 aromatic heterocycles. The van der Waals surface area contributed by atoms with Gasteiger partial charge in [0.15, 0.2) is 0 Å². The maximum atomic E-state index is 5.70. The SMILES string of the molecule is C=CCOc1ccc(COCCCCCCC)cc1Br. The molecule has 3 heteroatoms. The summed E-state index contributed by atoms with van der Waals surface area (Å²) in [5.41, 5.74) is 1.16. The molecular formula is C17H25BrO2.